The highest BCUT2D eigenvalue weighted by atomic mass is 32.1. The lowest BCUT2D eigenvalue weighted by Crippen LogP contribution is -2.38. The number of rotatable bonds is 7. The first-order chi connectivity index (χ1) is 15.0. The Labute approximate surface area is 186 Å². The van der Waals surface area contributed by atoms with Gasteiger partial charge in [-0.25, -0.2) is 0 Å². The van der Waals surface area contributed by atoms with Gasteiger partial charge in [-0.3, -0.25) is 14.4 Å². The molecule has 1 aliphatic heterocycles. The first-order valence-electron chi connectivity index (χ1n) is 10.8. The second-order valence-electron chi connectivity index (χ2n) is 7.88. The summed E-state index contributed by atoms with van der Waals surface area (Å²) in [5, 5.41) is 17.6. The van der Waals surface area contributed by atoms with Crippen LogP contribution in [0.2, 0.25) is 0 Å². The van der Waals surface area contributed by atoms with E-state index in [1.54, 1.807) is 0 Å². The van der Waals surface area contributed by atoms with Gasteiger partial charge in [0.05, 0.1) is 29.9 Å². The van der Waals surface area contributed by atoms with E-state index in [9.17, 15) is 4.79 Å². The van der Waals surface area contributed by atoms with E-state index in [0.29, 0.717) is 11.5 Å². The zero-order valence-corrected chi connectivity index (χ0v) is 19.2. The van der Waals surface area contributed by atoms with E-state index >= 15 is 0 Å². The van der Waals surface area contributed by atoms with E-state index < -0.39 is 0 Å². The topological polar surface area (TPSA) is 79.6 Å². The molecular formula is C23H30N4O3S. The highest BCUT2D eigenvalue weighted by molar-refractivity contribution is 7.21. The van der Waals surface area contributed by atoms with E-state index in [2.05, 4.69) is 46.8 Å². The standard InChI is InChI=1S/C23H30N4O3S/c1-4-27-16(3)18(15(2)25-27)13-26-10-12-30-19(14-26)21-17-7-5-6-8-20(17)31-22(21)23(29)24-9-11-28/h5-8,19,28H,4,9-14H2,1-3H3,(H,24,29)/t19-/m1/s1. The van der Waals surface area contributed by atoms with Gasteiger partial charge in [-0.15, -0.1) is 11.3 Å². The predicted molar refractivity (Wildman–Crippen MR) is 123 cm³/mol. The number of aliphatic hydroxyl groups excluding tert-OH is 1. The minimum atomic E-state index is -0.179. The summed E-state index contributed by atoms with van der Waals surface area (Å²) in [6, 6.07) is 8.09. The summed E-state index contributed by atoms with van der Waals surface area (Å²) < 4.78 is 9.32. The molecule has 0 radical (unpaired) electrons. The number of hydrogen-bond donors (Lipinski definition) is 2. The van der Waals surface area contributed by atoms with Gasteiger partial charge in [0.1, 0.15) is 0 Å². The third-order valence-corrected chi connectivity index (χ3v) is 7.11. The highest BCUT2D eigenvalue weighted by Gasteiger charge is 2.30. The quantitative estimate of drug-likeness (QED) is 0.588. The van der Waals surface area contributed by atoms with Gasteiger partial charge in [-0.05, 0) is 32.2 Å². The van der Waals surface area contributed by atoms with E-state index in [1.165, 1.54) is 22.6 Å². The fourth-order valence-electron chi connectivity index (χ4n) is 4.32. The summed E-state index contributed by atoms with van der Waals surface area (Å²) in [4.78, 5) is 15.9. The number of benzene rings is 1. The highest BCUT2D eigenvalue weighted by Crippen LogP contribution is 2.38. The van der Waals surface area contributed by atoms with Gasteiger partial charge in [0.25, 0.3) is 5.91 Å². The molecule has 2 aromatic heterocycles. The number of aromatic nitrogens is 2. The first kappa shape index (κ1) is 22.0. The second-order valence-corrected chi connectivity index (χ2v) is 8.93. The van der Waals surface area contributed by atoms with Crippen LogP contribution in [0.15, 0.2) is 24.3 Å². The SMILES string of the molecule is CCn1nc(C)c(CN2CCO[C@@H](c3c(C(=O)NCCO)sc4ccccc34)C2)c1C. The van der Waals surface area contributed by atoms with Crippen LogP contribution in [-0.4, -0.2) is 58.5 Å². The summed E-state index contributed by atoms with van der Waals surface area (Å²) in [5.74, 6) is -0.151. The average Bonchev–Trinajstić information content (AvgIpc) is 3.30. The van der Waals surface area contributed by atoms with Crippen LogP contribution in [0.3, 0.4) is 0 Å². The van der Waals surface area contributed by atoms with E-state index in [-0.39, 0.29) is 25.2 Å². The molecule has 3 aromatic rings. The summed E-state index contributed by atoms with van der Waals surface area (Å²) in [5.41, 5.74) is 4.53. The van der Waals surface area contributed by atoms with Crippen LogP contribution in [0.4, 0.5) is 0 Å². The van der Waals surface area contributed by atoms with Crippen LogP contribution < -0.4 is 5.32 Å². The van der Waals surface area contributed by atoms with Crippen molar-refractivity contribution in [2.45, 2.75) is 40.0 Å². The second kappa shape index (κ2) is 9.48. The first-order valence-corrected chi connectivity index (χ1v) is 11.6. The van der Waals surface area contributed by atoms with Crippen molar-refractivity contribution in [1.82, 2.24) is 20.0 Å². The van der Waals surface area contributed by atoms with Crippen LogP contribution in [0, 0.1) is 13.8 Å². The number of hydrogen-bond acceptors (Lipinski definition) is 6. The molecule has 0 bridgehead atoms. The van der Waals surface area contributed by atoms with Crippen molar-refractivity contribution in [2.75, 3.05) is 32.8 Å². The number of morpholine rings is 1. The maximum Gasteiger partial charge on any atom is 0.261 e. The van der Waals surface area contributed by atoms with Crippen molar-refractivity contribution in [3.8, 4) is 0 Å². The summed E-state index contributed by atoms with van der Waals surface area (Å²) in [6.45, 7) is 10.4. The third-order valence-electron chi connectivity index (χ3n) is 5.92. The molecule has 8 heteroatoms. The van der Waals surface area contributed by atoms with Crippen molar-refractivity contribution < 1.29 is 14.6 Å². The van der Waals surface area contributed by atoms with Crippen LogP contribution in [0.5, 0.6) is 0 Å². The van der Waals surface area contributed by atoms with Crippen LogP contribution in [0.25, 0.3) is 10.1 Å². The van der Waals surface area contributed by atoms with Gasteiger partial charge in [0.2, 0.25) is 0 Å². The largest absolute Gasteiger partial charge is 0.395 e. The van der Waals surface area contributed by atoms with Crippen molar-refractivity contribution in [2.24, 2.45) is 0 Å². The fraction of sp³-hybridized carbons (Fsp3) is 0.478. The number of aliphatic hydroxyl groups is 1. The number of thiophene rings is 1. The molecule has 1 fully saturated rings. The number of carbonyl (C=O) groups excluding carboxylic acids is 1. The molecule has 0 spiro atoms. The lowest BCUT2D eigenvalue weighted by atomic mass is 10.0. The molecule has 1 aliphatic rings. The Morgan fingerprint density at radius 3 is 2.90 bits per heavy atom. The van der Waals surface area contributed by atoms with Crippen LogP contribution in [0.1, 0.15) is 45.2 Å². The van der Waals surface area contributed by atoms with Gasteiger partial charge < -0.3 is 15.2 Å². The van der Waals surface area contributed by atoms with Crippen molar-refractivity contribution >= 4 is 27.3 Å². The molecule has 7 nitrogen and oxygen atoms in total. The minimum absolute atomic E-state index is 0.0795. The van der Waals surface area contributed by atoms with E-state index in [4.69, 9.17) is 9.84 Å². The Kier molecular flexibility index (Phi) is 6.71. The fourth-order valence-corrected chi connectivity index (χ4v) is 5.49. The third kappa shape index (κ3) is 4.39. The van der Waals surface area contributed by atoms with E-state index in [0.717, 1.165) is 47.5 Å². The molecule has 0 aliphatic carbocycles. The molecule has 1 aromatic carbocycles. The van der Waals surface area contributed by atoms with Gasteiger partial charge in [-0.1, -0.05) is 18.2 Å². The molecule has 31 heavy (non-hydrogen) atoms. The van der Waals surface area contributed by atoms with Gasteiger partial charge in [0, 0.05) is 54.2 Å². The van der Waals surface area contributed by atoms with Crippen LogP contribution >= 0.6 is 11.3 Å². The van der Waals surface area contributed by atoms with Crippen molar-refractivity contribution in [1.29, 1.82) is 0 Å². The van der Waals surface area contributed by atoms with Crippen molar-refractivity contribution in [3.63, 3.8) is 0 Å². The molecule has 1 atom stereocenters. The molecule has 2 N–H and O–H groups in total. The number of amides is 1. The predicted octanol–water partition coefficient (Wildman–Crippen LogP) is 3.03. The van der Waals surface area contributed by atoms with Gasteiger partial charge >= 0.3 is 0 Å². The smallest absolute Gasteiger partial charge is 0.261 e. The Balaban J connectivity index is 1.62. The molecule has 0 saturated carbocycles. The Morgan fingerprint density at radius 1 is 1.35 bits per heavy atom. The Morgan fingerprint density at radius 2 is 2.16 bits per heavy atom. The van der Waals surface area contributed by atoms with Gasteiger partial charge in [0.15, 0.2) is 0 Å². The lowest BCUT2D eigenvalue weighted by molar-refractivity contribution is -0.0324. The number of ether oxygens (including phenoxy) is 1. The molecule has 4 rings (SSSR count). The molecular weight excluding hydrogens is 412 g/mol. The number of aryl methyl sites for hydroxylation is 2. The zero-order chi connectivity index (χ0) is 22.0. The molecule has 1 amide bonds. The lowest BCUT2D eigenvalue weighted by Gasteiger charge is -2.33. The number of nitrogens with zero attached hydrogens (tertiary/aromatic N) is 3. The summed E-state index contributed by atoms with van der Waals surface area (Å²) in [6.07, 6.45) is -0.179. The summed E-state index contributed by atoms with van der Waals surface area (Å²) >= 11 is 1.49. The number of nitrogens with one attached hydrogen (secondary N) is 1. The number of carbonyl (C=O) groups is 1. The number of fused-ring (bicyclic) bond motifs is 1. The monoisotopic (exact) mass is 442 g/mol. The maximum absolute atomic E-state index is 12.8. The molecule has 3 heterocycles. The minimum Gasteiger partial charge on any atom is -0.395 e. The maximum atomic E-state index is 12.8. The van der Waals surface area contributed by atoms with E-state index in [1.807, 2.05) is 18.2 Å². The Bertz CT molecular complexity index is 1070. The summed E-state index contributed by atoms with van der Waals surface area (Å²) in [7, 11) is 0. The average molecular weight is 443 g/mol. The molecule has 0 unspecified atom stereocenters. The van der Waals surface area contributed by atoms with Gasteiger partial charge in [-0.2, -0.15) is 5.10 Å². The molecule has 1 saturated heterocycles. The van der Waals surface area contributed by atoms with Crippen molar-refractivity contribution in [3.05, 3.63) is 51.7 Å². The Hall–Kier alpha value is -2.26. The van der Waals surface area contributed by atoms with Crippen LogP contribution in [-0.2, 0) is 17.8 Å². The normalized spacial score (nSPS) is 17.4. The zero-order valence-electron chi connectivity index (χ0n) is 18.4. The molecule has 166 valence electrons.